The highest BCUT2D eigenvalue weighted by Crippen LogP contribution is 2.27. The van der Waals surface area contributed by atoms with Crippen LogP contribution in [0.5, 0.6) is 0 Å². The summed E-state index contributed by atoms with van der Waals surface area (Å²) < 4.78 is 11.7. The van der Waals surface area contributed by atoms with E-state index in [0.29, 0.717) is 57.7 Å². The third-order valence-corrected chi connectivity index (χ3v) is 11.4. The fourth-order valence-electron chi connectivity index (χ4n) is 8.46. The number of nitrogens with zero attached hydrogens (tertiary/aromatic N) is 4. The summed E-state index contributed by atoms with van der Waals surface area (Å²) in [5.74, 6) is -0.171. The van der Waals surface area contributed by atoms with Crippen LogP contribution >= 0.6 is 0 Å². The molecule has 5 heterocycles. The van der Waals surface area contributed by atoms with E-state index in [4.69, 9.17) is 9.47 Å². The second-order valence-electron chi connectivity index (χ2n) is 14.6. The van der Waals surface area contributed by atoms with Gasteiger partial charge in [-0.2, -0.15) is 0 Å². The number of likely N-dealkylation sites (tertiary alicyclic amines) is 3. The highest BCUT2D eigenvalue weighted by atomic mass is 16.6. The summed E-state index contributed by atoms with van der Waals surface area (Å²) in [6.07, 6.45) is 4.94. The minimum absolute atomic E-state index is 0.00870. The average Bonchev–Trinajstić information content (AvgIpc) is 3.32. The Morgan fingerprint density at radius 3 is 2.29 bits per heavy atom. The molecule has 2 N–H and O–H groups in total. The summed E-state index contributed by atoms with van der Waals surface area (Å²) >= 11 is 0. The molecule has 12 nitrogen and oxygen atoms in total. The standard InChI is InChI=1S/C39H50N6O6/c1-26-23-27(24-29-7-8-35(46)41-36(26)29)25-34(37(47)43-16-10-30(11-17-43)42-20-14-32(50-2)15-21-42)51-39(49)44-18-12-31(13-19-44)45-22-9-28-5-3-4-6-33(28)40-38(45)48/h3-8,23-24,30-32,34H,9-22,25H2,1-2H3,(H,40,48)(H,41,46)/t34-/m1/s1. The molecular weight excluding hydrogens is 648 g/mol. The van der Waals surface area contributed by atoms with E-state index in [2.05, 4.69) is 15.2 Å². The van der Waals surface area contributed by atoms with Crippen LogP contribution in [0, 0.1) is 6.92 Å². The van der Waals surface area contributed by atoms with Gasteiger partial charge in [0.05, 0.1) is 11.6 Å². The van der Waals surface area contributed by atoms with Crippen molar-refractivity contribution in [1.82, 2.24) is 24.6 Å². The van der Waals surface area contributed by atoms with Gasteiger partial charge in [0.25, 0.3) is 5.91 Å². The zero-order valence-electron chi connectivity index (χ0n) is 29.8. The molecule has 3 fully saturated rings. The van der Waals surface area contributed by atoms with E-state index in [9.17, 15) is 19.2 Å². The Kier molecular flexibility index (Phi) is 10.6. The zero-order chi connectivity index (χ0) is 35.5. The van der Waals surface area contributed by atoms with Crippen molar-refractivity contribution in [1.29, 1.82) is 0 Å². The Morgan fingerprint density at radius 1 is 0.843 bits per heavy atom. The van der Waals surface area contributed by atoms with E-state index in [0.717, 1.165) is 78.5 Å². The Hall–Kier alpha value is -4.42. The molecule has 0 bridgehead atoms. The average molecular weight is 699 g/mol. The van der Waals surface area contributed by atoms with Gasteiger partial charge in [-0.1, -0.05) is 24.3 Å². The number of carbonyl (C=O) groups excluding carboxylic acids is 3. The van der Waals surface area contributed by atoms with Gasteiger partial charge in [0.1, 0.15) is 0 Å². The summed E-state index contributed by atoms with van der Waals surface area (Å²) in [5.41, 5.74) is 4.31. The SMILES string of the molecule is COC1CCN(C2CCN(C(=O)[C@@H](Cc3cc(C)c4[nH]c(=O)ccc4c3)OC(=O)N3CCC(N4CCc5ccccc5NC4=O)CC3)CC2)CC1. The minimum Gasteiger partial charge on any atom is -0.436 e. The van der Waals surface area contributed by atoms with E-state index in [1.165, 1.54) is 6.07 Å². The lowest BCUT2D eigenvalue weighted by Gasteiger charge is -2.42. The molecule has 0 saturated carbocycles. The number of aryl methyl sites for hydroxylation is 1. The molecule has 12 heteroatoms. The second kappa shape index (κ2) is 15.4. The van der Waals surface area contributed by atoms with Crippen molar-refractivity contribution in [3.05, 3.63) is 75.6 Å². The number of fused-ring (bicyclic) bond motifs is 2. The number of methoxy groups -OCH3 is 1. The topological polar surface area (TPSA) is 128 Å². The van der Waals surface area contributed by atoms with Crippen molar-refractivity contribution in [3.8, 4) is 0 Å². The number of piperidine rings is 3. The third kappa shape index (κ3) is 7.92. The summed E-state index contributed by atoms with van der Waals surface area (Å²) in [7, 11) is 1.78. The molecular formula is C39H50N6O6. The van der Waals surface area contributed by atoms with Crippen molar-refractivity contribution < 1.29 is 23.9 Å². The summed E-state index contributed by atoms with van der Waals surface area (Å²) in [6, 6.07) is 15.4. The fraction of sp³-hybridized carbons (Fsp3) is 0.538. The summed E-state index contributed by atoms with van der Waals surface area (Å²) in [5, 5.41) is 3.92. The number of nitrogens with one attached hydrogen (secondary N) is 2. The van der Waals surface area contributed by atoms with Gasteiger partial charge in [0.15, 0.2) is 6.10 Å². The molecule has 3 aromatic rings. The van der Waals surface area contributed by atoms with Crippen LogP contribution in [0.4, 0.5) is 15.3 Å². The molecule has 4 aliphatic heterocycles. The van der Waals surface area contributed by atoms with Crippen LogP contribution in [0.1, 0.15) is 55.2 Å². The largest absolute Gasteiger partial charge is 0.436 e. The van der Waals surface area contributed by atoms with Crippen molar-refractivity contribution >= 4 is 34.6 Å². The van der Waals surface area contributed by atoms with Crippen LogP contribution in [-0.2, 0) is 27.1 Å². The quantitative estimate of drug-likeness (QED) is 0.371. The van der Waals surface area contributed by atoms with Gasteiger partial charge in [-0.05, 0) is 92.1 Å². The maximum Gasteiger partial charge on any atom is 0.410 e. The van der Waals surface area contributed by atoms with Crippen molar-refractivity contribution in [2.75, 3.05) is 58.2 Å². The van der Waals surface area contributed by atoms with Gasteiger partial charge in [0.2, 0.25) is 5.56 Å². The van der Waals surface area contributed by atoms with Crippen LogP contribution in [-0.4, -0.2) is 120 Å². The molecule has 0 spiro atoms. The first-order valence-electron chi connectivity index (χ1n) is 18.5. The van der Waals surface area contributed by atoms with Crippen molar-refractivity contribution in [2.45, 2.75) is 82.6 Å². The van der Waals surface area contributed by atoms with Gasteiger partial charge in [0, 0.05) is 83.2 Å². The first kappa shape index (κ1) is 35.0. The highest BCUT2D eigenvalue weighted by molar-refractivity contribution is 5.91. The fourth-order valence-corrected chi connectivity index (χ4v) is 8.46. The Labute approximate surface area is 299 Å². The molecule has 0 unspecified atom stereocenters. The van der Waals surface area contributed by atoms with Crippen LogP contribution in [0.2, 0.25) is 0 Å². The lowest BCUT2D eigenvalue weighted by atomic mass is 9.97. The number of aromatic nitrogens is 1. The highest BCUT2D eigenvalue weighted by Gasteiger charge is 2.36. The molecule has 1 aromatic heterocycles. The summed E-state index contributed by atoms with van der Waals surface area (Å²) in [4.78, 5) is 63.9. The predicted molar refractivity (Wildman–Crippen MR) is 195 cm³/mol. The van der Waals surface area contributed by atoms with Gasteiger partial charge in [-0.15, -0.1) is 0 Å². The number of carbonyl (C=O) groups is 3. The van der Waals surface area contributed by atoms with Crippen LogP contribution in [0.25, 0.3) is 10.9 Å². The van der Waals surface area contributed by atoms with Gasteiger partial charge >= 0.3 is 12.1 Å². The van der Waals surface area contributed by atoms with Crippen molar-refractivity contribution in [3.63, 3.8) is 0 Å². The molecule has 4 amide bonds. The number of hydrogen-bond acceptors (Lipinski definition) is 7. The number of amides is 4. The molecule has 0 radical (unpaired) electrons. The number of H-pyrrole nitrogens is 1. The van der Waals surface area contributed by atoms with E-state index in [-0.39, 0.29) is 30.0 Å². The predicted octanol–water partition coefficient (Wildman–Crippen LogP) is 4.54. The molecule has 51 heavy (non-hydrogen) atoms. The first-order chi connectivity index (χ1) is 24.7. The number of aromatic amines is 1. The molecule has 7 rings (SSSR count). The minimum atomic E-state index is -0.987. The zero-order valence-corrected chi connectivity index (χ0v) is 29.8. The molecule has 272 valence electrons. The van der Waals surface area contributed by atoms with E-state index in [1.54, 1.807) is 18.1 Å². The molecule has 0 aliphatic carbocycles. The number of para-hydroxylation sites is 1. The molecule has 2 aromatic carbocycles. The lowest BCUT2D eigenvalue weighted by Crippen LogP contribution is -2.53. The first-order valence-corrected chi connectivity index (χ1v) is 18.5. The smallest absolute Gasteiger partial charge is 0.410 e. The number of pyridine rings is 1. The van der Waals surface area contributed by atoms with E-state index in [1.807, 2.05) is 53.1 Å². The monoisotopic (exact) mass is 698 g/mol. The molecule has 1 atom stereocenters. The normalized spacial score (nSPS) is 20.5. The van der Waals surface area contributed by atoms with Crippen LogP contribution in [0.3, 0.4) is 0 Å². The second-order valence-corrected chi connectivity index (χ2v) is 14.6. The van der Waals surface area contributed by atoms with Gasteiger partial charge in [-0.25, -0.2) is 9.59 Å². The number of rotatable bonds is 7. The Bertz CT molecular complexity index is 1790. The number of ether oxygens (including phenoxy) is 2. The van der Waals surface area contributed by atoms with Crippen molar-refractivity contribution in [2.24, 2.45) is 0 Å². The molecule has 3 saturated heterocycles. The van der Waals surface area contributed by atoms with Gasteiger partial charge < -0.3 is 39.4 Å². The number of benzene rings is 2. The Morgan fingerprint density at radius 2 is 1.55 bits per heavy atom. The van der Waals surface area contributed by atoms with Gasteiger partial charge in [-0.3, -0.25) is 9.59 Å². The number of anilines is 1. The summed E-state index contributed by atoms with van der Waals surface area (Å²) in [6.45, 7) is 6.69. The third-order valence-electron chi connectivity index (χ3n) is 11.4. The Balaban J connectivity index is 1.01. The molecule has 4 aliphatic rings. The maximum absolute atomic E-state index is 14.2. The van der Waals surface area contributed by atoms with Crippen LogP contribution < -0.4 is 10.9 Å². The number of hydrogen-bond donors (Lipinski definition) is 2. The van der Waals surface area contributed by atoms with E-state index < -0.39 is 12.2 Å². The van der Waals surface area contributed by atoms with Crippen LogP contribution in [0.15, 0.2) is 53.3 Å². The number of urea groups is 1. The maximum atomic E-state index is 14.2. The lowest BCUT2D eigenvalue weighted by molar-refractivity contribution is -0.142. The van der Waals surface area contributed by atoms with E-state index >= 15 is 0 Å².